The average molecular weight is 241 g/mol. The third kappa shape index (κ3) is 6.64. The van der Waals surface area contributed by atoms with Crippen LogP contribution in [0, 0.1) is 0 Å². The topological polar surface area (TPSA) is 35.6 Å². The van der Waals surface area contributed by atoms with Gasteiger partial charge in [-0.2, -0.15) is 0 Å². The third-order valence-corrected chi connectivity index (χ3v) is 3.35. The lowest BCUT2D eigenvalue weighted by molar-refractivity contribution is -0.121. The fourth-order valence-electron chi connectivity index (χ4n) is 2.05. The van der Waals surface area contributed by atoms with Gasteiger partial charge in [0, 0.05) is 45.7 Å². The Morgan fingerprint density at radius 3 is 2.53 bits per heavy atom. The maximum absolute atomic E-state index is 11.5. The quantitative estimate of drug-likeness (QED) is 0.674. The summed E-state index contributed by atoms with van der Waals surface area (Å²) in [6, 6.07) is 0. The van der Waals surface area contributed by atoms with E-state index in [9.17, 15) is 4.79 Å². The lowest BCUT2D eigenvalue weighted by Gasteiger charge is -2.32. The second-order valence-corrected chi connectivity index (χ2v) is 4.95. The Kier molecular flexibility index (Phi) is 7.21. The molecular weight excluding hydrogens is 214 g/mol. The van der Waals surface area contributed by atoms with Gasteiger partial charge in [0.2, 0.25) is 5.91 Å². The number of nitrogens with one attached hydrogen (secondary N) is 1. The molecule has 0 radical (unpaired) electrons. The summed E-state index contributed by atoms with van der Waals surface area (Å²) in [7, 11) is 2.16. The number of hydrogen-bond donors (Lipinski definition) is 1. The van der Waals surface area contributed by atoms with Gasteiger partial charge in [0.05, 0.1) is 0 Å². The standard InChI is InChI=1S/C13H27N3O/c1-3-4-5-6-13(17)14-7-8-16-11-9-15(2)10-12-16/h3-12H2,1-2H3,(H,14,17). The Labute approximate surface area is 105 Å². The molecule has 4 heteroatoms. The zero-order valence-corrected chi connectivity index (χ0v) is 11.4. The van der Waals surface area contributed by atoms with Crippen molar-refractivity contribution in [2.45, 2.75) is 32.6 Å². The first-order valence-electron chi connectivity index (χ1n) is 6.90. The van der Waals surface area contributed by atoms with E-state index in [-0.39, 0.29) is 5.91 Å². The van der Waals surface area contributed by atoms with Crippen LogP contribution in [0.3, 0.4) is 0 Å². The number of amides is 1. The number of unbranched alkanes of at least 4 members (excludes halogenated alkanes) is 2. The molecule has 0 saturated carbocycles. The van der Waals surface area contributed by atoms with E-state index in [1.54, 1.807) is 0 Å². The predicted molar refractivity (Wildman–Crippen MR) is 71.1 cm³/mol. The largest absolute Gasteiger partial charge is 0.355 e. The molecule has 1 N–H and O–H groups in total. The van der Waals surface area contributed by atoms with Crippen LogP contribution in [0.25, 0.3) is 0 Å². The van der Waals surface area contributed by atoms with Gasteiger partial charge in [-0.3, -0.25) is 9.69 Å². The highest BCUT2D eigenvalue weighted by Crippen LogP contribution is 1.99. The van der Waals surface area contributed by atoms with Crippen molar-refractivity contribution in [3.8, 4) is 0 Å². The van der Waals surface area contributed by atoms with Gasteiger partial charge in [-0.15, -0.1) is 0 Å². The molecule has 0 unspecified atom stereocenters. The Bertz CT molecular complexity index is 213. The molecule has 1 aliphatic heterocycles. The summed E-state index contributed by atoms with van der Waals surface area (Å²) >= 11 is 0. The first-order chi connectivity index (χ1) is 8.22. The summed E-state index contributed by atoms with van der Waals surface area (Å²) in [5.41, 5.74) is 0. The molecule has 0 bridgehead atoms. The minimum atomic E-state index is 0.215. The Morgan fingerprint density at radius 2 is 1.88 bits per heavy atom. The van der Waals surface area contributed by atoms with Gasteiger partial charge in [0.15, 0.2) is 0 Å². The fourth-order valence-corrected chi connectivity index (χ4v) is 2.05. The highest BCUT2D eigenvalue weighted by atomic mass is 16.1. The van der Waals surface area contributed by atoms with Crippen LogP contribution < -0.4 is 5.32 Å². The van der Waals surface area contributed by atoms with E-state index in [0.717, 1.165) is 52.1 Å². The third-order valence-electron chi connectivity index (χ3n) is 3.35. The SMILES string of the molecule is CCCCCC(=O)NCCN1CCN(C)CC1. The number of carbonyl (C=O) groups excluding carboxylic acids is 1. The van der Waals surface area contributed by atoms with Crippen molar-refractivity contribution < 1.29 is 4.79 Å². The summed E-state index contributed by atoms with van der Waals surface area (Å²) in [5.74, 6) is 0.215. The van der Waals surface area contributed by atoms with Gasteiger partial charge in [-0.05, 0) is 13.5 Å². The summed E-state index contributed by atoms with van der Waals surface area (Å²) in [6.45, 7) is 8.49. The van der Waals surface area contributed by atoms with E-state index >= 15 is 0 Å². The summed E-state index contributed by atoms with van der Waals surface area (Å²) in [5, 5.41) is 3.01. The van der Waals surface area contributed by atoms with Gasteiger partial charge in [-0.25, -0.2) is 0 Å². The van der Waals surface area contributed by atoms with Crippen LogP contribution in [0.5, 0.6) is 0 Å². The molecular formula is C13H27N3O. The molecule has 0 aromatic rings. The summed E-state index contributed by atoms with van der Waals surface area (Å²) in [4.78, 5) is 16.2. The number of likely N-dealkylation sites (N-methyl/N-ethyl adjacent to an activating group) is 1. The van der Waals surface area contributed by atoms with Crippen molar-refractivity contribution >= 4 is 5.91 Å². The normalized spacial score (nSPS) is 18.2. The van der Waals surface area contributed by atoms with Gasteiger partial charge in [0.1, 0.15) is 0 Å². The van der Waals surface area contributed by atoms with Crippen LogP contribution >= 0.6 is 0 Å². The second-order valence-electron chi connectivity index (χ2n) is 4.95. The summed E-state index contributed by atoms with van der Waals surface area (Å²) < 4.78 is 0. The smallest absolute Gasteiger partial charge is 0.220 e. The van der Waals surface area contributed by atoms with Crippen molar-refractivity contribution in [2.24, 2.45) is 0 Å². The molecule has 100 valence electrons. The Morgan fingerprint density at radius 1 is 1.18 bits per heavy atom. The van der Waals surface area contributed by atoms with Crippen LogP contribution in [0.2, 0.25) is 0 Å². The van der Waals surface area contributed by atoms with Crippen molar-refractivity contribution in [3.63, 3.8) is 0 Å². The van der Waals surface area contributed by atoms with Crippen LogP contribution in [0.15, 0.2) is 0 Å². The van der Waals surface area contributed by atoms with E-state index in [4.69, 9.17) is 0 Å². The van der Waals surface area contributed by atoms with E-state index < -0.39 is 0 Å². The van der Waals surface area contributed by atoms with Crippen LogP contribution in [-0.2, 0) is 4.79 Å². The number of hydrogen-bond acceptors (Lipinski definition) is 3. The van der Waals surface area contributed by atoms with Gasteiger partial charge >= 0.3 is 0 Å². The molecule has 0 spiro atoms. The van der Waals surface area contributed by atoms with Crippen LogP contribution in [-0.4, -0.2) is 62.0 Å². The van der Waals surface area contributed by atoms with Gasteiger partial charge < -0.3 is 10.2 Å². The molecule has 17 heavy (non-hydrogen) atoms. The van der Waals surface area contributed by atoms with Crippen LogP contribution in [0.4, 0.5) is 0 Å². The molecule has 1 rings (SSSR count). The highest BCUT2D eigenvalue weighted by molar-refractivity contribution is 5.75. The lowest BCUT2D eigenvalue weighted by Crippen LogP contribution is -2.46. The van der Waals surface area contributed by atoms with Crippen molar-refractivity contribution in [3.05, 3.63) is 0 Å². The maximum atomic E-state index is 11.5. The van der Waals surface area contributed by atoms with Crippen molar-refractivity contribution in [1.82, 2.24) is 15.1 Å². The average Bonchev–Trinajstić information content (AvgIpc) is 2.32. The number of nitrogens with zero attached hydrogens (tertiary/aromatic N) is 2. The zero-order chi connectivity index (χ0) is 12.5. The molecule has 0 atom stereocenters. The first-order valence-corrected chi connectivity index (χ1v) is 6.90. The molecule has 0 aromatic carbocycles. The molecule has 0 aromatic heterocycles. The van der Waals surface area contributed by atoms with Crippen molar-refractivity contribution in [1.29, 1.82) is 0 Å². The first kappa shape index (κ1) is 14.5. The van der Waals surface area contributed by atoms with E-state index in [0.29, 0.717) is 6.42 Å². The minimum Gasteiger partial charge on any atom is -0.355 e. The van der Waals surface area contributed by atoms with Crippen LogP contribution in [0.1, 0.15) is 32.6 Å². The highest BCUT2D eigenvalue weighted by Gasteiger charge is 2.13. The van der Waals surface area contributed by atoms with E-state index in [1.165, 1.54) is 6.42 Å². The van der Waals surface area contributed by atoms with Gasteiger partial charge in [-0.1, -0.05) is 19.8 Å². The molecule has 1 amide bonds. The predicted octanol–water partition coefficient (Wildman–Crippen LogP) is 0.930. The minimum absolute atomic E-state index is 0.215. The number of carbonyl (C=O) groups is 1. The molecule has 1 saturated heterocycles. The Hall–Kier alpha value is -0.610. The van der Waals surface area contributed by atoms with Gasteiger partial charge in [0.25, 0.3) is 0 Å². The van der Waals surface area contributed by atoms with E-state index in [2.05, 4.69) is 29.1 Å². The number of piperazine rings is 1. The zero-order valence-electron chi connectivity index (χ0n) is 11.4. The fraction of sp³-hybridized carbons (Fsp3) is 0.923. The molecule has 4 nitrogen and oxygen atoms in total. The molecule has 1 fully saturated rings. The summed E-state index contributed by atoms with van der Waals surface area (Å²) in [6.07, 6.45) is 4.05. The monoisotopic (exact) mass is 241 g/mol. The van der Waals surface area contributed by atoms with E-state index in [1.807, 2.05) is 0 Å². The number of rotatable bonds is 7. The van der Waals surface area contributed by atoms with Crippen molar-refractivity contribution in [2.75, 3.05) is 46.3 Å². The molecule has 1 aliphatic rings. The molecule has 1 heterocycles. The Balaban J connectivity index is 1.97. The maximum Gasteiger partial charge on any atom is 0.220 e. The second kappa shape index (κ2) is 8.48. The lowest BCUT2D eigenvalue weighted by atomic mass is 10.2. The molecule has 0 aliphatic carbocycles.